The molecule has 1 atom stereocenters. The third-order valence-electron chi connectivity index (χ3n) is 6.80. The molecule has 0 aromatic heterocycles. The summed E-state index contributed by atoms with van der Waals surface area (Å²) < 4.78 is 5.22. The Morgan fingerprint density at radius 2 is 1.48 bits per heavy atom. The number of hydrogen-bond donors (Lipinski definition) is 3. The lowest BCUT2D eigenvalue weighted by atomic mass is 10.1. The van der Waals surface area contributed by atoms with Crippen LogP contribution in [0, 0.1) is 6.92 Å². The van der Waals surface area contributed by atoms with Gasteiger partial charge in [-0.1, -0.05) is 61.4 Å². The SMILES string of the molecule is CCCCOC(=O)c1ccc(NC(=O)C(C)Sc2ccc(NC(=O)/C(=C/c3cccc(C)c3)NC(=O)c3ccccc3)cc2)cc1. The molecule has 9 heteroatoms. The number of rotatable bonds is 13. The molecule has 0 aliphatic carbocycles. The number of aryl methyl sites for hydroxylation is 1. The van der Waals surface area contributed by atoms with Crippen LogP contribution in [0.5, 0.6) is 0 Å². The zero-order valence-electron chi connectivity index (χ0n) is 26.0. The Balaban J connectivity index is 1.36. The Kier molecular flexibility index (Phi) is 12.3. The molecule has 3 N–H and O–H groups in total. The van der Waals surface area contributed by atoms with Crippen molar-refractivity contribution in [1.29, 1.82) is 0 Å². The molecule has 0 aliphatic heterocycles. The average molecular weight is 636 g/mol. The van der Waals surface area contributed by atoms with Gasteiger partial charge in [-0.05, 0) is 92.6 Å². The molecular formula is C37H37N3O5S. The van der Waals surface area contributed by atoms with E-state index in [0.717, 1.165) is 28.9 Å². The molecule has 8 nitrogen and oxygen atoms in total. The van der Waals surface area contributed by atoms with Gasteiger partial charge in [0.2, 0.25) is 5.91 Å². The fourth-order valence-electron chi connectivity index (χ4n) is 4.27. The largest absolute Gasteiger partial charge is 0.462 e. The molecule has 0 spiro atoms. The van der Waals surface area contributed by atoms with Crippen molar-refractivity contribution in [2.45, 2.75) is 43.8 Å². The number of ether oxygens (including phenoxy) is 1. The minimum Gasteiger partial charge on any atom is -0.462 e. The summed E-state index contributed by atoms with van der Waals surface area (Å²) in [7, 11) is 0. The molecular weight excluding hydrogens is 598 g/mol. The highest BCUT2D eigenvalue weighted by Gasteiger charge is 2.17. The first-order valence-corrected chi connectivity index (χ1v) is 15.9. The molecule has 4 aromatic carbocycles. The van der Waals surface area contributed by atoms with Gasteiger partial charge in [0, 0.05) is 21.8 Å². The summed E-state index contributed by atoms with van der Waals surface area (Å²) in [6, 6.07) is 30.0. The van der Waals surface area contributed by atoms with Crippen LogP contribution < -0.4 is 16.0 Å². The number of amides is 3. The van der Waals surface area contributed by atoms with Crippen molar-refractivity contribution in [3.63, 3.8) is 0 Å². The van der Waals surface area contributed by atoms with Gasteiger partial charge in [-0.15, -0.1) is 11.8 Å². The second-order valence-corrected chi connectivity index (χ2v) is 12.0. The van der Waals surface area contributed by atoms with Crippen molar-refractivity contribution in [2.75, 3.05) is 17.2 Å². The maximum absolute atomic E-state index is 13.3. The van der Waals surface area contributed by atoms with Gasteiger partial charge in [-0.25, -0.2) is 4.79 Å². The topological polar surface area (TPSA) is 114 Å². The highest BCUT2D eigenvalue weighted by molar-refractivity contribution is 8.00. The van der Waals surface area contributed by atoms with Gasteiger partial charge >= 0.3 is 5.97 Å². The average Bonchev–Trinajstić information content (AvgIpc) is 3.06. The zero-order valence-corrected chi connectivity index (χ0v) is 26.9. The summed E-state index contributed by atoms with van der Waals surface area (Å²) in [5.41, 5.74) is 3.88. The standard InChI is InChI=1S/C37H37N3O5S/c1-4-5-22-45-37(44)29-14-16-30(17-15-29)38-34(41)26(3)46-32-20-18-31(19-21-32)39-36(43)33(24-27-11-9-10-25(2)23-27)40-35(42)28-12-7-6-8-13-28/h6-21,23-24,26H,4-5,22H2,1-3H3,(H,38,41)(H,39,43)(H,40,42)/b33-24-. The second kappa shape index (κ2) is 16.8. The molecule has 0 bridgehead atoms. The summed E-state index contributed by atoms with van der Waals surface area (Å²) in [4.78, 5) is 52.0. The van der Waals surface area contributed by atoms with Gasteiger partial charge in [-0.2, -0.15) is 0 Å². The fourth-order valence-corrected chi connectivity index (χ4v) is 5.14. The van der Waals surface area contributed by atoms with Crippen LogP contribution in [0.2, 0.25) is 0 Å². The highest BCUT2D eigenvalue weighted by atomic mass is 32.2. The lowest BCUT2D eigenvalue weighted by Gasteiger charge is -2.14. The van der Waals surface area contributed by atoms with E-state index in [0.29, 0.717) is 29.1 Å². The lowest BCUT2D eigenvalue weighted by Crippen LogP contribution is -2.30. The summed E-state index contributed by atoms with van der Waals surface area (Å²) >= 11 is 1.37. The van der Waals surface area contributed by atoms with E-state index in [1.54, 1.807) is 73.7 Å². The lowest BCUT2D eigenvalue weighted by molar-refractivity contribution is -0.115. The number of carbonyl (C=O) groups excluding carboxylic acids is 4. The number of anilines is 2. The molecule has 236 valence electrons. The molecule has 3 amide bonds. The molecule has 0 radical (unpaired) electrons. The summed E-state index contributed by atoms with van der Waals surface area (Å²) in [5.74, 6) is -1.44. The third kappa shape index (κ3) is 10.2. The summed E-state index contributed by atoms with van der Waals surface area (Å²) in [5, 5.41) is 8.05. The predicted octanol–water partition coefficient (Wildman–Crippen LogP) is 7.48. The van der Waals surface area contributed by atoms with Crippen molar-refractivity contribution >= 4 is 52.9 Å². The van der Waals surface area contributed by atoms with Crippen molar-refractivity contribution in [2.24, 2.45) is 0 Å². The first-order valence-electron chi connectivity index (χ1n) is 15.0. The number of carbonyl (C=O) groups is 4. The Morgan fingerprint density at radius 3 is 2.15 bits per heavy atom. The summed E-state index contributed by atoms with van der Waals surface area (Å²) in [6.45, 7) is 6.16. The van der Waals surface area contributed by atoms with Gasteiger partial charge in [0.05, 0.1) is 17.4 Å². The van der Waals surface area contributed by atoms with Gasteiger partial charge in [0.1, 0.15) is 5.70 Å². The molecule has 4 aromatic rings. The molecule has 0 fully saturated rings. The van der Waals surface area contributed by atoms with Gasteiger partial charge < -0.3 is 20.7 Å². The number of esters is 1. The van der Waals surface area contributed by atoms with Crippen LogP contribution in [0.15, 0.2) is 114 Å². The van der Waals surface area contributed by atoms with Gasteiger partial charge in [0.25, 0.3) is 11.8 Å². The molecule has 0 saturated carbocycles. The van der Waals surface area contributed by atoms with E-state index in [9.17, 15) is 19.2 Å². The van der Waals surface area contributed by atoms with Crippen molar-refractivity contribution in [3.8, 4) is 0 Å². The minimum absolute atomic E-state index is 0.101. The van der Waals surface area contributed by atoms with Crippen LogP contribution in [-0.4, -0.2) is 35.5 Å². The van der Waals surface area contributed by atoms with E-state index in [4.69, 9.17) is 4.74 Å². The first-order chi connectivity index (χ1) is 22.2. The van der Waals surface area contributed by atoms with Crippen LogP contribution >= 0.6 is 11.8 Å². The van der Waals surface area contributed by atoms with Crippen molar-refractivity contribution in [3.05, 3.63) is 131 Å². The number of thioether (sulfide) groups is 1. The van der Waals surface area contributed by atoms with E-state index in [2.05, 4.69) is 16.0 Å². The van der Waals surface area contributed by atoms with Crippen LogP contribution in [0.1, 0.15) is 58.5 Å². The number of nitrogens with one attached hydrogen (secondary N) is 3. The summed E-state index contributed by atoms with van der Waals surface area (Å²) in [6.07, 6.45) is 3.40. The van der Waals surface area contributed by atoms with Crippen molar-refractivity contribution < 1.29 is 23.9 Å². The van der Waals surface area contributed by atoms with E-state index in [1.807, 2.05) is 56.3 Å². The molecule has 46 heavy (non-hydrogen) atoms. The van der Waals surface area contributed by atoms with Crippen LogP contribution in [0.25, 0.3) is 6.08 Å². The molecule has 1 unspecified atom stereocenters. The Hall–Kier alpha value is -5.15. The van der Waals surface area contributed by atoms with Gasteiger partial charge in [-0.3, -0.25) is 14.4 Å². The Morgan fingerprint density at radius 1 is 0.804 bits per heavy atom. The minimum atomic E-state index is -0.473. The normalized spacial score (nSPS) is 11.7. The van der Waals surface area contributed by atoms with E-state index in [-0.39, 0.29) is 17.6 Å². The van der Waals surface area contributed by atoms with Crippen LogP contribution in [-0.2, 0) is 14.3 Å². The smallest absolute Gasteiger partial charge is 0.338 e. The number of benzene rings is 4. The van der Waals surface area contributed by atoms with E-state index >= 15 is 0 Å². The van der Waals surface area contributed by atoms with Crippen LogP contribution in [0.4, 0.5) is 11.4 Å². The Labute approximate surface area is 273 Å². The molecule has 0 heterocycles. The zero-order chi connectivity index (χ0) is 32.9. The number of hydrogen-bond acceptors (Lipinski definition) is 6. The fraction of sp³-hybridized carbons (Fsp3) is 0.189. The maximum Gasteiger partial charge on any atom is 0.338 e. The van der Waals surface area contributed by atoms with E-state index < -0.39 is 17.1 Å². The number of unbranched alkanes of at least 4 members (excludes halogenated alkanes) is 1. The third-order valence-corrected chi connectivity index (χ3v) is 7.91. The van der Waals surface area contributed by atoms with E-state index in [1.165, 1.54) is 11.8 Å². The first kappa shape index (κ1) is 33.7. The molecule has 4 rings (SSSR count). The predicted molar refractivity (Wildman–Crippen MR) is 184 cm³/mol. The van der Waals surface area contributed by atoms with Crippen LogP contribution in [0.3, 0.4) is 0 Å². The maximum atomic E-state index is 13.3. The van der Waals surface area contributed by atoms with Gasteiger partial charge in [0.15, 0.2) is 0 Å². The Bertz CT molecular complexity index is 1690. The quantitative estimate of drug-likeness (QED) is 0.0608. The van der Waals surface area contributed by atoms with Crippen molar-refractivity contribution in [1.82, 2.24) is 5.32 Å². The highest BCUT2D eigenvalue weighted by Crippen LogP contribution is 2.26. The molecule has 0 saturated heterocycles. The monoisotopic (exact) mass is 635 g/mol. The molecule has 0 aliphatic rings. The second-order valence-electron chi connectivity index (χ2n) is 10.6.